The van der Waals surface area contributed by atoms with Crippen molar-refractivity contribution in [3.63, 3.8) is 0 Å². The summed E-state index contributed by atoms with van der Waals surface area (Å²) in [6.45, 7) is 4.20. The number of nitrogens with zero attached hydrogens (tertiary/aromatic N) is 2. The van der Waals surface area contributed by atoms with E-state index in [-0.39, 0.29) is 17.6 Å². The van der Waals surface area contributed by atoms with E-state index in [1.54, 1.807) is 24.1 Å². The first kappa shape index (κ1) is 24.3. The van der Waals surface area contributed by atoms with Gasteiger partial charge in [-0.1, -0.05) is 38.7 Å². The van der Waals surface area contributed by atoms with Crippen LogP contribution >= 0.6 is 12.2 Å². The first-order chi connectivity index (χ1) is 14.3. The van der Waals surface area contributed by atoms with Gasteiger partial charge in [0.25, 0.3) is 0 Å². The fourth-order valence-corrected chi connectivity index (χ4v) is 4.30. The molecule has 166 valence electrons. The summed E-state index contributed by atoms with van der Waals surface area (Å²) in [5.41, 5.74) is 0.219. The van der Waals surface area contributed by atoms with Crippen LogP contribution in [0, 0.1) is 0 Å². The third-order valence-corrected chi connectivity index (χ3v) is 6.38. The molecule has 1 aromatic rings. The number of rotatable bonds is 10. The highest BCUT2D eigenvalue weighted by Gasteiger charge is 2.54. The van der Waals surface area contributed by atoms with Crippen LogP contribution in [0.5, 0.6) is 5.75 Å². The zero-order valence-corrected chi connectivity index (χ0v) is 19.7. The van der Waals surface area contributed by atoms with E-state index in [1.165, 1.54) is 13.5 Å². The lowest BCUT2D eigenvalue weighted by molar-refractivity contribution is -0.131. The van der Waals surface area contributed by atoms with Crippen LogP contribution in [0.4, 0.5) is 5.69 Å². The van der Waals surface area contributed by atoms with E-state index in [1.807, 2.05) is 13.0 Å². The Kier molecular flexibility index (Phi) is 8.78. The second-order valence-electron chi connectivity index (χ2n) is 7.71. The van der Waals surface area contributed by atoms with Gasteiger partial charge in [0.2, 0.25) is 5.91 Å². The summed E-state index contributed by atoms with van der Waals surface area (Å²) < 4.78 is 31.0. The first-order valence-corrected chi connectivity index (χ1v) is 11.8. The highest BCUT2D eigenvalue weighted by Crippen LogP contribution is 2.51. The van der Waals surface area contributed by atoms with Gasteiger partial charge in [-0.05, 0) is 56.1 Å². The summed E-state index contributed by atoms with van der Waals surface area (Å²) in [5.74, 6) is 0.294. The Labute approximate surface area is 185 Å². The van der Waals surface area contributed by atoms with Crippen molar-refractivity contribution >= 4 is 39.4 Å². The molecule has 0 saturated heterocycles. The molecule has 2 rings (SSSR count). The topological polar surface area (TPSA) is 88.1 Å². The Hall–Kier alpha value is -2.00. The monoisotopic (exact) mass is 453 g/mol. The minimum Gasteiger partial charge on any atom is -0.494 e. The first-order valence-electron chi connectivity index (χ1n) is 10.4. The van der Waals surface area contributed by atoms with Gasteiger partial charge in [-0.25, -0.2) is 0 Å². The van der Waals surface area contributed by atoms with Gasteiger partial charge in [-0.3, -0.25) is 9.69 Å². The maximum atomic E-state index is 13.7. The Morgan fingerprint density at radius 1 is 1.33 bits per heavy atom. The van der Waals surface area contributed by atoms with Crippen LogP contribution < -0.4 is 10.1 Å². The number of nitrogens with one attached hydrogen (secondary N) is 1. The third kappa shape index (κ3) is 5.57. The number of carbonyl (C=O) groups is 1. The normalized spacial score (nSPS) is 15.1. The molecule has 1 aliphatic carbocycles. The molecule has 0 spiro atoms. The van der Waals surface area contributed by atoms with Crippen molar-refractivity contribution in [2.75, 3.05) is 14.2 Å². The van der Waals surface area contributed by atoms with Gasteiger partial charge in [-0.15, -0.1) is 4.36 Å². The molecule has 0 radical (unpaired) electrons. The second kappa shape index (κ2) is 10.9. The Morgan fingerprint density at radius 2 is 2.03 bits per heavy atom. The average Bonchev–Trinajstić information content (AvgIpc) is 3.52. The summed E-state index contributed by atoms with van der Waals surface area (Å²) >= 11 is 5.47. The second-order valence-corrected chi connectivity index (χ2v) is 8.71. The molecule has 1 fully saturated rings. The fraction of sp³-hybridized carbons (Fsp3) is 0.619. The van der Waals surface area contributed by atoms with Crippen LogP contribution in [0.15, 0.2) is 22.6 Å². The molecule has 9 heteroatoms. The van der Waals surface area contributed by atoms with E-state index in [2.05, 4.69) is 16.6 Å². The number of ether oxygens (including phenoxy) is 1. The summed E-state index contributed by atoms with van der Waals surface area (Å²) in [6, 6.07) is 5.07. The minimum absolute atomic E-state index is 0.0247. The van der Waals surface area contributed by atoms with Crippen LogP contribution in [-0.2, 0) is 20.7 Å². The molecule has 0 aromatic heterocycles. The summed E-state index contributed by atoms with van der Waals surface area (Å²) in [5, 5.41) is 3.36. The number of amides is 1. The zero-order valence-electron chi connectivity index (χ0n) is 18.1. The molecule has 1 atom stereocenters. The van der Waals surface area contributed by atoms with Crippen molar-refractivity contribution in [1.82, 2.24) is 10.2 Å². The fourth-order valence-electron chi connectivity index (χ4n) is 3.73. The van der Waals surface area contributed by atoms with E-state index in [4.69, 9.17) is 17.0 Å². The Balaban J connectivity index is 2.33. The standard InChI is InChI=1S/C21H31N3O4S2/c1-5-6-7-8-9-15(2)24(20(29)22-3)19(25)21(12-13-21)16-10-11-18(28-4)17(14-16)23-30(26)27/h10-11,14-15H,5-9,12-13H2,1-4H3,(H,22,29). The van der Waals surface area contributed by atoms with Crippen molar-refractivity contribution in [2.24, 2.45) is 4.36 Å². The maximum absolute atomic E-state index is 13.7. The molecule has 0 aliphatic heterocycles. The lowest BCUT2D eigenvalue weighted by Crippen LogP contribution is -2.51. The van der Waals surface area contributed by atoms with Crippen molar-refractivity contribution in [1.29, 1.82) is 0 Å². The van der Waals surface area contributed by atoms with Crippen molar-refractivity contribution in [2.45, 2.75) is 70.3 Å². The van der Waals surface area contributed by atoms with E-state index in [9.17, 15) is 13.2 Å². The SMILES string of the molecule is CCCCCCC(C)N(C(=O)C1(c2ccc(OC)c(N=S(=O)=O)c2)CC1)C(=S)NC. The Morgan fingerprint density at radius 3 is 2.57 bits per heavy atom. The number of hydrogen-bond donors (Lipinski definition) is 1. The number of unbranched alkanes of at least 4 members (excludes halogenated alkanes) is 3. The van der Waals surface area contributed by atoms with Gasteiger partial charge < -0.3 is 10.1 Å². The molecular weight excluding hydrogens is 422 g/mol. The van der Waals surface area contributed by atoms with Crippen LogP contribution in [-0.4, -0.2) is 44.5 Å². The van der Waals surface area contributed by atoms with E-state index in [0.717, 1.165) is 31.2 Å². The molecule has 1 amide bonds. The zero-order chi connectivity index (χ0) is 22.3. The molecule has 1 unspecified atom stereocenters. The molecule has 0 heterocycles. The number of carbonyl (C=O) groups excluding carboxylic acids is 1. The molecule has 1 saturated carbocycles. The molecule has 30 heavy (non-hydrogen) atoms. The van der Waals surface area contributed by atoms with Gasteiger partial charge in [0.05, 0.1) is 12.5 Å². The molecule has 7 nitrogen and oxygen atoms in total. The van der Waals surface area contributed by atoms with Gasteiger partial charge in [-0.2, -0.15) is 8.42 Å². The largest absolute Gasteiger partial charge is 0.494 e. The van der Waals surface area contributed by atoms with Gasteiger partial charge >= 0.3 is 10.5 Å². The lowest BCUT2D eigenvalue weighted by Gasteiger charge is -2.33. The average molecular weight is 454 g/mol. The van der Waals surface area contributed by atoms with E-state index < -0.39 is 15.9 Å². The predicted octanol–water partition coefficient (Wildman–Crippen LogP) is 4.11. The molecule has 1 N–H and O–H groups in total. The number of benzene rings is 1. The van der Waals surface area contributed by atoms with Gasteiger partial charge in [0.1, 0.15) is 11.4 Å². The summed E-state index contributed by atoms with van der Waals surface area (Å²) in [6.07, 6.45) is 6.76. The van der Waals surface area contributed by atoms with Crippen molar-refractivity contribution in [3.05, 3.63) is 23.8 Å². The molecule has 1 aromatic carbocycles. The third-order valence-electron chi connectivity index (χ3n) is 5.63. The van der Waals surface area contributed by atoms with Crippen molar-refractivity contribution in [3.8, 4) is 5.75 Å². The molecular formula is C21H31N3O4S2. The summed E-state index contributed by atoms with van der Waals surface area (Å²) in [4.78, 5) is 15.4. The Bertz CT molecular complexity index is 903. The quantitative estimate of drug-likeness (QED) is 0.424. The lowest BCUT2D eigenvalue weighted by atomic mass is 9.92. The highest BCUT2D eigenvalue weighted by molar-refractivity contribution is 7.80. The van der Waals surface area contributed by atoms with E-state index in [0.29, 0.717) is 23.7 Å². The molecule has 1 aliphatic rings. The number of hydrogen-bond acceptors (Lipinski definition) is 6. The smallest absolute Gasteiger partial charge is 0.316 e. The minimum atomic E-state index is -2.62. The van der Waals surface area contributed by atoms with Gasteiger partial charge in [0, 0.05) is 13.1 Å². The number of methoxy groups -OCH3 is 1. The summed E-state index contributed by atoms with van der Waals surface area (Å²) in [7, 11) is 0.558. The maximum Gasteiger partial charge on any atom is 0.316 e. The number of thiocarbonyl (C=S) groups is 1. The highest BCUT2D eigenvalue weighted by atomic mass is 32.2. The van der Waals surface area contributed by atoms with Crippen LogP contribution in [0.3, 0.4) is 0 Å². The van der Waals surface area contributed by atoms with Crippen LogP contribution in [0.2, 0.25) is 0 Å². The predicted molar refractivity (Wildman–Crippen MR) is 122 cm³/mol. The van der Waals surface area contributed by atoms with Crippen LogP contribution in [0.1, 0.15) is 64.4 Å². The van der Waals surface area contributed by atoms with E-state index >= 15 is 0 Å². The van der Waals surface area contributed by atoms with Crippen molar-refractivity contribution < 1.29 is 17.9 Å². The van der Waals surface area contributed by atoms with Crippen LogP contribution in [0.25, 0.3) is 0 Å². The van der Waals surface area contributed by atoms with Gasteiger partial charge in [0.15, 0.2) is 5.11 Å². The molecule has 0 bridgehead atoms.